The van der Waals surface area contributed by atoms with Gasteiger partial charge in [0.15, 0.2) is 0 Å². The van der Waals surface area contributed by atoms with Crippen molar-refractivity contribution < 1.29 is 33.5 Å². The molecule has 6 heteroatoms. The maximum Gasteiger partial charge on any atom is 0 e. The Bertz CT molecular complexity index is 33.8. The predicted octanol–water partition coefficient (Wildman–Crippen LogP) is -2.53. The van der Waals surface area contributed by atoms with E-state index < -0.39 is 9.17 Å². The largest absolute Gasteiger partial charge is 0 e. The summed E-state index contributed by atoms with van der Waals surface area (Å²) in [5.74, 6) is 0. The van der Waals surface area contributed by atoms with Crippen molar-refractivity contribution in [2.45, 2.75) is 0 Å². The van der Waals surface area contributed by atoms with E-state index in [0.717, 1.165) is 0 Å². The van der Waals surface area contributed by atoms with Crippen LogP contribution in [0.2, 0.25) is 0 Å². The molecule has 0 fully saturated rings. The molecular formula is H4BaO3SiZn. The van der Waals surface area contributed by atoms with Gasteiger partial charge in [-0.25, -0.2) is 0 Å². The van der Waals surface area contributed by atoms with Crippen LogP contribution in [0.3, 0.4) is 0 Å². The molecule has 0 aliphatic heterocycles. The second-order valence-electron chi connectivity index (χ2n) is 0.283. The van der Waals surface area contributed by atoms with Gasteiger partial charge < -0.3 is 9.59 Å². The van der Waals surface area contributed by atoms with E-state index in [2.05, 4.69) is 0 Å². The second kappa shape index (κ2) is 9.94. The number of hydrogen-bond acceptors (Lipinski definition) is 1. The van der Waals surface area contributed by atoms with E-state index in [-0.39, 0.29) is 68.4 Å². The molecular weight excluding hydrogens is 279 g/mol. The van der Waals surface area contributed by atoms with Crippen molar-refractivity contribution in [3.63, 3.8) is 0 Å². The Balaban J connectivity index is -0.0000000450. The zero-order chi connectivity index (χ0) is 3.58. The van der Waals surface area contributed by atoms with Crippen LogP contribution in [0.25, 0.3) is 0 Å². The molecule has 0 radical (unpaired) electrons. The molecule has 30 valence electrons. The first-order valence-electron chi connectivity index (χ1n) is 0.651. The Kier molecular flexibility index (Phi) is 25.9. The van der Waals surface area contributed by atoms with Crippen molar-refractivity contribution in [2.75, 3.05) is 0 Å². The van der Waals surface area contributed by atoms with Gasteiger partial charge in [-0.3, -0.25) is 4.46 Å². The van der Waals surface area contributed by atoms with Crippen LogP contribution < -0.4 is 0 Å². The van der Waals surface area contributed by atoms with E-state index in [1.165, 1.54) is 0 Å². The number of rotatable bonds is 0. The first kappa shape index (κ1) is 15.7. The first-order valence-corrected chi connectivity index (χ1v) is 1.95. The fourth-order valence-corrected chi connectivity index (χ4v) is 0. The van der Waals surface area contributed by atoms with Gasteiger partial charge in [-0.15, -0.1) is 0 Å². The molecule has 0 atom stereocenters. The average molecular weight is 283 g/mol. The van der Waals surface area contributed by atoms with Crippen LogP contribution in [0, 0.1) is 0 Å². The van der Waals surface area contributed by atoms with Gasteiger partial charge in [0.25, 0.3) is 0 Å². The molecule has 0 aromatic rings. The quantitative estimate of drug-likeness (QED) is 0.482. The van der Waals surface area contributed by atoms with Crippen LogP contribution >= 0.6 is 0 Å². The fraction of sp³-hybridized carbons (Fsp3) is 0. The minimum Gasteiger partial charge on any atom is 0 e. The van der Waals surface area contributed by atoms with E-state index >= 15 is 0 Å². The normalized spacial score (nSPS) is 4.00. The van der Waals surface area contributed by atoms with Crippen LogP contribution in [0.4, 0.5) is 0 Å². The summed E-state index contributed by atoms with van der Waals surface area (Å²) in [6.45, 7) is 0. The molecule has 6 heavy (non-hydrogen) atoms. The Morgan fingerprint density at radius 1 is 1.33 bits per heavy atom. The van der Waals surface area contributed by atoms with Gasteiger partial charge in [-0.05, 0) is 0 Å². The van der Waals surface area contributed by atoms with Crippen molar-refractivity contribution in [3.05, 3.63) is 0 Å². The van der Waals surface area contributed by atoms with Crippen LogP contribution in [-0.4, -0.2) is 67.6 Å². The Labute approximate surface area is 89.9 Å². The predicted molar refractivity (Wildman–Crippen MR) is 19.4 cm³/mol. The minimum absolute atomic E-state index is 0. The van der Waals surface area contributed by atoms with Crippen molar-refractivity contribution in [1.82, 2.24) is 0 Å². The summed E-state index contributed by atoms with van der Waals surface area (Å²) >= 11 is 0. The molecule has 0 aromatic carbocycles. The molecule has 0 aromatic heterocycles. The van der Waals surface area contributed by atoms with Crippen molar-refractivity contribution in [2.24, 2.45) is 0 Å². The van der Waals surface area contributed by atoms with Gasteiger partial charge in [0, 0.05) is 19.5 Å². The smallest absolute Gasteiger partial charge is 0 e. The molecule has 0 bridgehead atoms. The number of hydrogen-bond donors (Lipinski definition) is 2. The second-order valence-corrected chi connectivity index (χ2v) is 0.848. The van der Waals surface area contributed by atoms with Crippen molar-refractivity contribution in [1.29, 1.82) is 0 Å². The van der Waals surface area contributed by atoms with Crippen LogP contribution in [0.1, 0.15) is 0 Å². The summed E-state index contributed by atoms with van der Waals surface area (Å²) in [6, 6.07) is 0. The van der Waals surface area contributed by atoms with Gasteiger partial charge in [-0.2, -0.15) is 0 Å². The molecule has 0 unspecified atom stereocenters. The summed E-state index contributed by atoms with van der Waals surface area (Å²) in [6.07, 6.45) is 0. The van der Waals surface area contributed by atoms with Gasteiger partial charge in [0.05, 0.1) is 0 Å². The topological polar surface area (TPSA) is 57.5 Å². The molecule has 0 rings (SSSR count). The summed E-state index contributed by atoms with van der Waals surface area (Å²) in [5.41, 5.74) is 0. The van der Waals surface area contributed by atoms with E-state index in [1.807, 2.05) is 0 Å². The molecule has 0 aliphatic rings. The Morgan fingerprint density at radius 2 is 1.33 bits per heavy atom. The van der Waals surface area contributed by atoms with Crippen molar-refractivity contribution >= 4 is 58.1 Å². The van der Waals surface area contributed by atoms with Gasteiger partial charge in [0.1, 0.15) is 0 Å². The van der Waals surface area contributed by atoms with Crippen LogP contribution in [-0.2, 0) is 23.9 Å². The fourth-order valence-electron chi connectivity index (χ4n) is 0. The summed E-state index contributed by atoms with van der Waals surface area (Å²) in [7, 11) is -3.13. The van der Waals surface area contributed by atoms with Gasteiger partial charge in [0.2, 0.25) is 0 Å². The average Bonchev–Trinajstić information content (AvgIpc) is 0.811. The van der Waals surface area contributed by atoms with Crippen LogP contribution in [0.15, 0.2) is 0 Å². The molecule has 2 N–H and O–H groups in total. The monoisotopic (exact) mass is 282 g/mol. The third-order valence-corrected chi connectivity index (χ3v) is 0. The maximum absolute atomic E-state index is 8.74. The zero-order valence-corrected chi connectivity index (χ0v) is 6.48. The minimum atomic E-state index is -3.13. The van der Waals surface area contributed by atoms with Crippen LogP contribution in [0.5, 0.6) is 0 Å². The zero-order valence-electron chi connectivity index (χ0n) is 2.51. The van der Waals surface area contributed by atoms with Crippen molar-refractivity contribution in [3.8, 4) is 0 Å². The molecule has 0 aliphatic carbocycles. The third-order valence-electron chi connectivity index (χ3n) is 0. The van der Waals surface area contributed by atoms with Gasteiger partial charge in [-0.1, -0.05) is 0 Å². The third kappa shape index (κ3) is 41.0. The standard InChI is InChI=1S/Ba.H2O3Si.Zn.2H/c;1-4(2)3;;;/h;1-2H;;;. The summed E-state index contributed by atoms with van der Waals surface area (Å²) in [5, 5.41) is 0. The molecule has 0 heterocycles. The Morgan fingerprint density at radius 3 is 1.33 bits per heavy atom. The summed E-state index contributed by atoms with van der Waals surface area (Å²) < 4.78 is 8.74. The van der Waals surface area contributed by atoms with E-state index in [0.29, 0.717) is 0 Å². The molecule has 0 saturated carbocycles. The Hall–Kier alpha value is 1.81. The maximum atomic E-state index is 8.74. The van der Waals surface area contributed by atoms with E-state index in [9.17, 15) is 0 Å². The van der Waals surface area contributed by atoms with Gasteiger partial charge >= 0.3 is 58.1 Å². The molecule has 0 spiro atoms. The van der Waals surface area contributed by atoms with E-state index in [4.69, 9.17) is 14.1 Å². The molecule has 0 saturated heterocycles. The first-order chi connectivity index (χ1) is 1.73. The molecule has 0 amide bonds. The van der Waals surface area contributed by atoms with E-state index in [1.54, 1.807) is 0 Å². The summed E-state index contributed by atoms with van der Waals surface area (Å²) in [4.78, 5) is 14.3. The SMILES string of the molecule is O=[Si](O)O.[BaH2].[Zn]. The molecule has 3 nitrogen and oxygen atoms in total.